The van der Waals surface area contributed by atoms with Gasteiger partial charge in [-0.1, -0.05) is 17.3 Å². The van der Waals surface area contributed by atoms with Crippen LogP contribution in [0.1, 0.15) is 19.3 Å². The molecule has 4 heterocycles. The molecule has 1 spiro atoms. The molecule has 1 unspecified atom stereocenters. The number of para-hydroxylation sites is 1. The lowest BCUT2D eigenvalue weighted by molar-refractivity contribution is -0.192. The maximum absolute atomic E-state index is 10.6. The van der Waals surface area contributed by atoms with Gasteiger partial charge in [-0.3, -0.25) is 0 Å². The minimum atomic E-state index is -5.08. The van der Waals surface area contributed by atoms with Crippen molar-refractivity contribution in [3.05, 3.63) is 30.5 Å². The molecule has 5 rings (SSSR count). The number of hydrogen-bond acceptors (Lipinski definition) is 7. The molecule has 0 amide bonds. The standard InChI is InChI=1S/C17H19N5OS.C2HF3O2/c1-2-6-15-13(5-1)19-16(24-15)14-9-22(21-20-14)8-12-4-3-7-17(23-12)10-18-11-17;3-2(4,5)1(6)7/h1-2,5-6,9,12,18H,3-4,7-8,10-11H2;(H,6,7). The number of carboxylic acids is 1. The highest BCUT2D eigenvalue weighted by atomic mass is 32.1. The fourth-order valence-corrected chi connectivity index (χ4v) is 4.51. The monoisotopic (exact) mass is 455 g/mol. The van der Waals surface area contributed by atoms with Gasteiger partial charge in [-0.15, -0.1) is 16.4 Å². The van der Waals surface area contributed by atoms with Gasteiger partial charge in [0.05, 0.1) is 34.7 Å². The number of benzene rings is 1. The van der Waals surface area contributed by atoms with Crippen molar-refractivity contribution in [2.75, 3.05) is 13.1 Å². The number of ether oxygens (including phenoxy) is 1. The van der Waals surface area contributed by atoms with E-state index in [1.807, 2.05) is 29.1 Å². The molecule has 2 N–H and O–H groups in total. The number of aromatic nitrogens is 4. The molecule has 166 valence electrons. The van der Waals surface area contributed by atoms with Crippen LogP contribution in [-0.4, -0.2) is 62.0 Å². The van der Waals surface area contributed by atoms with Gasteiger partial charge in [-0.25, -0.2) is 14.5 Å². The van der Waals surface area contributed by atoms with Gasteiger partial charge in [0, 0.05) is 13.1 Å². The second kappa shape index (κ2) is 8.52. The summed E-state index contributed by atoms with van der Waals surface area (Å²) in [5.41, 5.74) is 1.94. The largest absolute Gasteiger partial charge is 0.490 e. The molecular formula is C19H20F3N5O3S. The molecule has 12 heteroatoms. The number of nitrogens with zero attached hydrogens (tertiary/aromatic N) is 4. The molecule has 1 aromatic carbocycles. The van der Waals surface area contributed by atoms with E-state index in [0.717, 1.165) is 42.3 Å². The molecule has 1 atom stereocenters. The summed E-state index contributed by atoms with van der Waals surface area (Å²) in [5, 5.41) is 20.0. The molecular weight excluding hydrogens is 435 g/mol. The number of carbonyl (C=O) groups is 1. The Morgan fingerprint density at radius 2 is 2.10 bits per heavy atom. The summed E-state index contributed by atoms with van der Waals surface area (Å²) in [7, 11) is 0. The van der Waals surface area contributed by atoms with E-state index in [1.54, 1.807) is 11.3 Å². The van der Waals surface area contributed by atoms with E-state index in [4.69, 9.17) is 14.6 Å². The third-order valence-electron chi connectivity index (χ3n) is 5.15. The van der Waals surface area contributed by atoms with E-state index < -0.39 is 12.1 Å². The summed E-state index contributed by atoms with van der Waals surface area (Å²) in [6.07, 6.45) is 0.626. The van der Waals surface area contributed by atoms with Crippen molar-refractivity contribution in [1.29, 1.82) is 0 Å². The van der Waals surface area contributed by atoms with Crippen molar-refractivity contribution in [2.45, 2.75) is 43.7 Å². The molecule has 2 fully saturated rings. The van der Waals surface area contributed by atoms with Crippen LogP contribution in [-0.2, 0) is 16.1 Å². The predicted molar refractivity (Wildman–Crippen MR) is 107 cm³/mol. The summed E-state index contributed by atoms with van der Waals surface area (Å²) >= 11 is 1.66. The van der Waals surface area contributed by atoms with Crippen molar-refractivity contribution in [3.8, 4) is 10.7 Å². The summed E-state index contributed by atoms with van der Waals surface area (Å²) in [4.78, 5) is 13.5. The van der Waals surface area contributed by atoms with Crippen LogP contribution >= 0.6 is 11.3 Å². The zero-order chi connectivity index (χ0) is 22.1. The summed E-state index contributed by atoms with van der Waals surface area (Å²) in [6.45, 7) is 2.73. The molecule has 2 aliphatic heterocycles. The Balaban J connectivity index is 0.000000289. The lowest BCUT2D eigenvalue weighted by Crippen LogP contribution is -2.63. The highest BCUT2D eigenvalue weighted by molar-refractivity contribution is 7.21. The van der Waals surface area contributed by atoms with E-state index in [1.165, 1.54) is 17.5 Å². The average Bonchev–Trinajstić information content (AvgIpc) is 3.33. The van der Waals surface area contributed by atoms with E-state index in [-0.39, 0.29) is 11.7 Å². The van der Waals surface area contributed by atoms with E-state index >= 15 is 0 Å². The highest BCUT2D eigenvalue weighted by Gasteiger charge is 2.42. The van der Waals surface area contributed by atoms with Crippen molar-refractivity contribution in [1.82, 2.24) is 25.3 Å². The zero-order valence-corrected chi connectivity index (χ0v) is 17.1. The minimum absolute atomic E-state index is 0.0827. The lowest BCUT2D eigenvalue weighted by Gasteiger charge is -2.47. The number of carboxylic acid groups (broad SMARTS) is 1. The maximum atomic E-state index is 10.6. The van der Waals surface area contributed by atoms with Crippen molar-refractivity contribution in [3.63, 3.8) is 0 Å². The number of thiazole rings is 1. The quantitative estimate of drug-likeness (QED) is 0.626. The van der Waals surface area contributed by atoms with Gasteiger partial charge < -0.3 is 15.2 Å². The number of nitrogens with one attached hydrogen (secondary N) is 1. The van der Waals surface area contributed by atoms with Crippen LogP contribution in [0, 0.1) is 0 Å². The van der Waals surface area contributed by atoms with Crippen LogP contribution in [0.15, 0.2) is 30.5 Å². The Labute approximate surface area is 179 Å². The molecule has 31 heavy (non-hydrogen) atoms. The highest BCUT2D eigenvalue weighted by Crippen LogP contribution is 2.33. The Bertz CT molecular complexity index is 1030. The Morgan fingerprint density at radius 1 is 1.35 bits per heavy atom. The van der Waals surface area contributed by atoms with Gasteiger partial charge >= 0.3 is 12.1 Å². The van der Waals surface area contributed by atoms with Gasteiger partial charge in [-0.05, 0) is 31.4 Å². The molecule has 0 aliphatic carbocycles. The zero-order valence-electron chi connectivity index (χ0n) is 16.3. The van der Waals surface area contributed by atoms with Gasteiger partial charge in [0.15, 0.2) is 0 Å². The summed E-state index contributed by atoms with van der Waals surface area (Å²) in [5.74, 6) is -2.76. The normalized spacial score (nSPS) is 20.2. The fraction of sp³-hybridized carbons (Fsp3) is 0.474. The van der Waals surface area contributed by atoms with Crippen LogP contribution in [0.4, 0.5) is 13.2 Å². The second-order valence-corrected chi connectivity index (χ2v) is 8.56. The first-order valence-electron chi connectivity index (χ1n) is 9.69. The number of aliphatic carboxylic acids is 1. The number of rotatable bonds is 3. The number of hydrogen-bond donors (Lipinski definition) is 2. The van der Waals surface area contributed by atoms with E-state index in [2.05, 4.69) is 26.7 Å². The molecule has 0 saturated carbocycles. The van der Waals surface area contributed by atoms with Crippen LogP contribution in [0.25, 0.3) is 20.9 Å². The molecule has 2 aliphatic rings. The van der Waals surface area contributed by atoms with E-state index in [0.29, 0.717) is 0 Å². The van der Waals surface area contributed by atoms with Gasteiger partial charge in [0.2, 0.25) is 0 Å². The van der Waals surface area contributed by atoms with Crippen LogP contribution in [0.3, 0.4) is 0 Å². The number of halogens is 3. The first-order valence-corrected chi connectivity index (χ1v) is 10.5. The summed E-state index contributed by atoms with van der Waals surface area (Å²) < 4.78 is 41.1. The second-order valence-electron chi connectivity index (χ2n) is 7.53. The van der Waals surface area contributed by atoms with Crippen molar-refractivity contribution >= 4 is 27.5 Å². The molecule has 2 aromatic heterocycles. The van der Waals surface area contributed by atoms with Gasteiger partial charge in [0.1, 0.15) is 10.7 Å². The predicted octanol–water partition coefficient (Wildman–Crippen LogP) is 3.10. The van der Waals surface area contributed by atoms with Crippen LogP contribution < -0.4 is 5.32 Å². The lowest BCUT2D eigenvalue weighted by atomic mass is 9.86. The van der Waals surface area contributed by atoms with Gasteiger partial charge in [-0.2, -0.15) is 13.2 Å². The van der Waals surface area contributed by atoms with Crippen molar-refractivity contribution < 1.29 is 27.8 Å². The Kier molecular flexibility index (Phi) is 5.95. The van der Waals surface area contributed by atoms with Crippen molar-refractivity contribution in [2.24, 2.45) is 0 Å². The first kappa shape index (κ1) is 21.7. The van der Waals surface area contributed by atoms with Crippen LogP contribution in [0.2, 0.25) is 0 Å². The molecule has 3 aromatic rings. The van der Waals surface area contributed by atoms with Gasteiger partial charge in [0.25, 0.3) is 0 Å². The molecule has 0 bridgehead atoms. The maximum Gasteiger partial charge on any atom is 0.490 e. The smallest absolute Gasteiger partial charge is 0.475 e. The number of fused-ring (bicyclic) bond motifs is 1. The first-order chi connectivity index (χ1) is 14.7. The minimum Gasteiger partial charge on any atom is -0.475 e. The molecule has 8 nitrogen and oxygen atoms in total. The topological polar surface area (TPSA) is 102 Å². The van der Waals surface area contributed by atoms with E-state index in [9.17, 15) is 13.2 Å². The Hall–Kier alpha value is -2.57. The Morgan fingerprint density at radius 3 is 2.74 bits per heavy atom. The molecule has 2 saturated heterocycles. The SMILES string of the molecule is O=C(O)C(F)(F)F.c1ccc2sc(-c3cn(CC4CCCC5(CNC5)O4)nn3)nc2c1. The average molecular weight is 455 g/mol. The third-order valence-corrected chi connectivity index (χ3v) is 6.21. The molecule has 0 radical (unpaired) electrons. The third kappa shape index (κ3) is 5.02. The van der Waals surface area contributed by atoms with Crippen LogP contribution in [0.5, 0.6) is 0 Å². The number of alkyl halides is 3. The fourth-order valence-electron chi connectivity index (χ4n) is 3.59. The summed E-state index contributed by atoms with van der Waals surface area (Å²) in [6, 6.07) is 8.16.